The molecule has 1 fully saturated rings. The van der Waals surface area contributed by atoms with Gasteiger partial charge in [0.25, 0.3) is 11.8 Å². The number of carbonyl (C=O) groups is 2. The topological polar surface area (TPSA) is 112 Å². The number of benzene rings is 3. The van der Waals surface area contributed by atoms with E-state index in [1.807, 2.05) is 102 Å². The van der Waals surface area contributed by atoms with Crippen LogP contribution in [-0.2, 0) is 4.74 Å². The maximum Gasteiger partial charge on any atom is 0.257 e. The Labute approximate surface area is 260 Å². The van der Waals surface area contributed by atoms with Crippen LogP contribution in [0.1, 0.15) is 31.8 Å². The number of nitrogens with one attached hydrogen (secondary N) is 2. The smallest absolute Gasteiger partial charge is 0.257 e. The van der Waals surface area contributed by atoms with Crippen LogP contribution in [-0.4, -0.2) is 71.1 Å². The predicted octanol–water partition coefficient (Wildman–Crippen LogP) is 5.32. The summed E-state index contributed by atoms with van der Waals surface area (Å²) in [6, 6.07) is 22.7. The van der Waals surface area contributed by atoms with E-state index in [0.29, 0.717) is 61.3 Å². The van der Waals surface area contributed by atoms with Crippen LogP contribution in [0.15, 0.2) is 107 Å². The summed E-state index contributed by atoms with van der Waals surface area (Å²) in [4.78, 5) is 44.0. The van der Waals surface area contributed by atoms with E-state index >= 15 is 0 Å². The molecule has 3 aromatic carbocycles. The van der Waals surface area contributed by atoms with Gasteiger partial charge in [-0.2, -0.15) is 0 Å². The van der Waals surface area contributed by atoms with Gasteiger partial charge in [-0.05, 0) is 61.0 Å². The minimum Gasteiger partial charge on any atom is -0.378 e. The van der Waals surface area contributed by atoms with Crippen LogP contribution in [0.2, 0.25) is 0 Å². The van der Waals surface area contributed by atoms with Crippen molar-refractivity contribution in [3.05, 3.63) is 120 Å². The number of fused-ring (bicyclic) bond motifs is 2. The average Bonchev–Trinajstić information content (AvgIpc) is 3.09. The molecule has 3 aliphatic rings. The number of para-hydroxylation sites is 1. The van der Waals surface area contributed by atoms with Crippen molar-refractivity contribution in [1.29, 1.82) is 0 Å². The van der Waals surface area contributed by atoms with Crippen molar-refractivity contribution in [3.63, 3.8) is 0 Å². The van der Waals surface area contributed by atoms with Gasteiger partial charge >= 0.3 is 0 Å². The van der Waals surface area contributed by atoms with E-state index in [4.69, 9.17) is 9.73 Å². The first-order chi connectivity index (χ1) is 22.0. The maximum absolute atomic E-state index is 13.2. The summed E-state index contributed by atoms with van der Waals surface area (Å²) in [5, 5.41) is 7.37. The molecular weight excluding hydrogens is 566 g/mol. The van der Waals surface area contributed by atoms with Crippen LogP contribution in [0.3, 0.4) is 0 Å². The van der Waals surface area contributed by atoms with Gasteiger partial charge in [-0.3, -0.25) is 14.6 Å². The molecule has 0 atom stereocenters. The van der Waals surface area contributed by atoms with E-state index in [1.54, 1.807) is 12.4 Å². The lowest BCUT2D eigenvalue weighted by molar-refractivity contribution is 0.0303. The first-order valence-electron chi connectivity index (χ1n) is 14.8. The van der Waals surface area contributed by atoms with E-state index in [-0.39, 0.29) is 11.8 Å². The number of hydrogen-bond acceptors (Lipinski definition) is 8. The summed E-state index contributed by atoms with van der Waals surface area (Å²) < 4.78 is 5.37. The third-order valence-electron chi connectivity index (χ3n) is 8.00. The number of aliphatic imine (C=N–C) groups is 2. The second-order valence-electron chi connectivity index (χ2n) is 10.9. The zero-order chi connectivity index (χ0) is 30.8. The van der Waals surface area contributed by atoms with Crippen molar-refractivity contribution in [3.8, 4) is 0 Å². The van der Waals surface area contributed by atoms with Crippen molar-refractivity contribution in [1.82, 2.24) is 14.8 Å². The van der Waals surface area contributed by atoms with Gasteiger partial charge < -0.3 is 25.2 Å². The highest BCUT2D eigenvalue weighted by Crippen LogP contribution is 2.30. The Morgan fingerprint density at radius 3 is 2.60 bits per heavy atom. The fourth-order valence-electron chi connectivity index (χ4n) is 5.54. The Balaban J connectivity index is 1.13. The Kier molecular flexibility index (Phi) is 7.62. The quantitative estimate of drug-likeness (QED) is 0.322. The van der Waals surface area contributed by atoms with Gasteiger partial charge in [-0.1, -0.05) is 30.3 Å². The highest BCUT2D eigenvalue weighted by Gasteiger charge is 2.25. The molecule has 4 aromatic rings. The van der Waals surface area contributed by atoms with Gasteiger partial charge in [0, 0.05) is 66.1 Å². The number of hydrogen-bond donors (Lipinski definition) is 2. The molecule has 2 amide bonds. The van der Waals surface area contributed by atoms with E-state index in [1.165, 1.54) is 0 Å². The second kappa shape index (κ2) is 12.2. The zero-order valence-electron chi connectivity index (χ0n) is 24.7. The van der Waals surface area contributed by atoms with Gasteiger partial charge in [-0.15, -0.1) is 0 Å². The Morgan fingerprint density at radius 2 is 1.76 bits per heavy atom. The third kappa shape index (κ3) is 5.83. The summed E-state index contributed by atoms with van der Waals surface area (Å²) in [7, 11) is 0. The van der Waals surface area contributed by atoms with Crippen molar-refractivity contribution in [2.75, 3.05) is 43.5 Å². The molecule has 7 rings (SSSR count). The van der Waals surface area contributed by atoms with Crippen LogP contribution in [0, 0.1) is 6.92 Å². The molecule has 10 nitrogen and oxygen atoms in total. The maximum atomic E-state index is 13.2. The fraction of sp³-hybridized carbons (Fsp3) is 0.171. The average molecular weight is 598 g/mol. The van der Waals surface area contributed by atoms with Gasteiger partial charge in [0.2, 0.25) is 0 Å². The number of nitrogens with zero attached hydrogens (tertiary/aromatic N) is 5. The van der Waals surface area contributed by atoms with E-state index in [0.717, 1.165) is 33.4 Å². The summed E-state index contributed by atoms with van der Waals surface area (Å²) in [5.41, 5.74) is 5.91. The summed E-state index contributed by atoms with van der Waals surface area (Å²) >= 11 is 0. The van der Waals surface area contributed by atoms with Crippen LogP contribution in [0.25, 0.3) is 16.6 Å². The van der Waals surface area contributed by atoms with Crippen LogP contribution in [0.4, 0.5) is 11.4 Å². The molecule has 1 aromatic heterocycles. The molecule has 224 valence electrons. The van der Waals surface area contributed by atoms with Crippen molar-refractivity contribution in [2.24, 2.45) is 9.98 Å². The van der Waals surface area contributed by atoms with Gasteiger partial charge in [0.15, 0.2) is 11.7 Å². The van der Waals surface area contributed by atoms with Gasteiger partial charge in [0.05, 0.1) is 30.0 Å². The van der Waals surface area contributed by atoms with Crippen LogP contribution >= 0.6 is 0 Å². The summed E-state index contributed by atoms with van der Waals surface area (Å²) in [6.45, 7) is 4.92. The number of anilines is 2. The minimum absolute atomic E-state index is 0.00243. The number of amidine groups is 2. The van der Waals surface area contributed by atoms with Crippen molar-refractivity contribution in [2.45, 2.75) is 6.92 Å². The lowest BCUT2D eigenvalue weighted by Crippen LogP contribution is -2.41. The van der Waals surface area contributed by atoms with E-state index in [2.05, 4.69) is 20.6 Å². The Morgan fingerprint density at radius 1 is 0.933 bits per heavy atom. The highest BCUT2D eigenvalue weighted by molar-refractivity contribution is 6.46. The molecule has 2 N–H and O–H groups in total. The minimum atomic E-state index is -0.233. The number of carbonyl (C=O) groups excluding carboxylic acids is 2. The normalized spacial score (nSPS) is 16.0. The highest BCUT2D eigenvalue weighted by atomic mass is 16.5. The molecule has 0 radical (unpaired) electrons. The molecule has 0 unspecified atom stereocenters. The number of morpholine rings is 1. The predicted molar refractivity (Wildman–Crippen MR) is 176 cm³/mol. The molecule has 45 heavy (non-hydrogen) atoms. The first-order valence-corrected chi connectivity index (χ1v) is 14.8. The molecule has 0 spiro atoms. The third-order valence-corrected chi connectivity index (χ3v) is 8.00. The van der Waals surface area contributed by atoms with Gasteiger partial charge in [-0.25, -0.2) is 9.98 Å². The molecule has 0 saturated carbocycles. The standard InChI is InChI=1S/C35H31N7O3/c1-23-28(7-4-9-29(23)40-34(43)26-20-25-6-2-3-8-30(25)37-21-26)31-22-42-15-5-14-36-33(42)32(39-31)38-27-12-10-24(11-13-27)35(44)41-16-18-45-19-17-41/h2-14,20-22H,15-19H2,1H3,(H,38,39)(H,40,43). The number of aromatic nitrogens is 1. The number of pyridine rings is 1. The van der Waals surface area contributed by atoms with Crippen molar-refractivity contribution < 1.29 is 14.3 Å². The molecule has 1 saturated heterocycles. The van der Waals surface area contributed by atoms with E-state index < -0.39 is 0 Å². The van der Waals surface area contributed by atoms with Crippen LogP contribution in [0.5, 0.6) is 0 Å². The lowest BCUT2D eigenvalue weighted by Gasteiger charge is -2.29. The van der Waals surface area contributed by atoms with Crippen LogP contribution < -0.4 is 10.6 Å². The molecule has 3 aliphatic heterocycles. The SMILES string of the molecule is Cc1c(NC(=O)c2cnc3ccccc3c2)cccc1C1=CN2CC=CN=C2C(Nc2ccc(C(=O)N3CCOCC3)cc2)=N1. The molecular formula is C35H31N7O3. The Hall–Kier alpha value is -5.61. The largest absolute Gasteiger partial charge is 0.378 e. The molecule has 0 aliphatic carbocycles. The summed E-state index contributed by atoms with van der Waals surface area (Å²) in [5.74, 6) is 1.04. The summed E-state index contributed by atoms with van der Waals surface area (Å²) in [6.07, 6.45) is 7.32. The number of amides is 2. The second-order valence-corrected chi connectivity index (χ2v) is 10.9. The number of rotatable bonds is 5. The zero-order valence-corrected chi connectivity index (χ0v) is 24.7. The van der Waals surface area contributed by atoms with Gasteiger partial charge in [0.1, 0.15) is 0 Å². The molecule has 0 bridgehead atoms. The monoisotopic (exact) mass is 597 g/mol. The lowest BCUT2D eigenvalue weighted by atomic mass is 10.0. The van der Waals surface area contributed by atoms with E-state index in [9.17, 15) is 9.59 Å². The molecule has 4 heterocycles. The fourth-order valence-corrected chi connectivity index (χ4v) is 5.54. The van der Waals surface area contributed by atoms with Crippen molar-refractivity contribution >= 4 is 51.5 Å². The first kappa shape index (κ1) is 28.2. The number of ether oxygens (including phenoxy) is 1. The molecule has 10 heteroatoms. The Bertz CT molecular complexity index is 1920.